The number of benzene rings is 3. The largest absolute Gasteiger partial charge is 0.462 e. The zero-order chi connectivity index (χ0) is 23.1. The normalized spacial score (nSPS) is 15.3. The number of carbonyl (C=O) groups excluding carboxylic acids is 1. The number of nitrogens with zero attached hydrogens (tertiary/aromatic N) is 1. The topological polar surface area (TPSA) is 38.8 Å². The number of ether oxygens (including phenoxy) is 2. The Bertz CT molecular complexity index is 970. The van der Waals surface area contributed by atoms with Crippen LogP contribution in [0.25, 0.3) is 0 Å². The molecule has 1 aliphatic rings. The molecule has 0 bridgehead atoms. The van der Waals surface area contributed by atoms with Crippen LogP contribution < -0.4 is 0 Å². The van der Waals surface area contributed by atoms with Crippen LogP contribution >= 0.6 is 0 Å². The summed E-state index contributed by atoms with van der Waals surface area (Å²) in [5.41, 5.74) is 3.80. The molecular weight excluding hydrogens is 410 g/mol. The van der Waals surface area contributed by atoms with Crippen molar-refractivity contribution in [3.63, 3.8) is 0 Å². The van der Waals surface area contributed by atoms with Gasteiger partial charge in [0.1, 0.15) is 5.60 Å². The van der Waals surface area contributed by atoms with Gasteiger partial charge in [-0.05, 0) is 67.6 Å². The van der Waals surface area contributed by atoms with Crippen LogP contribution in [-0.2, 0) is 21.6 Å². The molecule has 3 aromatic carbocycles. The molecule has 1 heterocycles. The van der Waals surface area contributed by atoms with Crippen molar-refractivity contribution in [2.45, 2.75) is 31.9 Å². The Morgan fingerprint density at radius 2 is 1.42 bits per heavy atom. The summed E-state index contributed by atoms with van der Waals surface area (Å²) in [5.74, 6) is 0.123. The Hall–Kier alpha value is -2.95. The fourth-order valence-corrected chi connectivity index (χ4v) is 5.13. The molecule has 4 heteroatoms. The minimum atomic E-state index is -0.449. The average Bonchev–Trinajstić information content (AvgIpc) is 2.88. The third kappa shape index (κ3) is 5.02. The van der Waals surface area contributed by atoms with Gasteiger partial charge in [0.25, 0.3) is 0 Å². The van der Waals surface area contributed by atoms with E-state index in [2.05, 4.69) is 65.6 Å². The lowest BCUT2D eigenvalue weighted by atomic mass is 9.71. The van der Waals surface area contributed by atoms with Gasteiger partial charge in [0.05, 0.1) is 12.2 Å². The monoisotopic (exact) mass is 443 g/mol. The first-order chi connectivity index (χ1) is 16.2. The molecule has 1 saturated heterocycles. The highest BCUT2D eigenvalue weighted by Gasteiger charge is 2.43. The summed E-state index contributed by atoms with van der Waals surface area (Å²) >= 11 is 0. The maximum Gasteiger partial charge on any atom is 0.338 e. The van der Waals surface area contributed by atoms with Gasteiger partial charge in [-0.25, -0.2) is 4.79 Å². The Morgan fingerprint density at radius 1 is 0.879 bits per heavy atom. The van der Waals surface area contributed by atoms with Gasteiger partial charge >= 0.3 is 5.97 Å². The summed E-state index contributed by atoms with van der Waals surface area (Å²) in [4.78, 5) is 14.4. The predicted molar refractivity (Wildman–Crippen MR) is 131 cm³/mol. The summed E-state index contributed by atoms with van der Waals surface area (Å²) in [7, 11) is 1.84. The second-order valence-electron chi connectivity index (χ2n) is 8.64. The third-order valence-corrected chi connectivity index (χ3v) is 6.76. The predicted octanol–water partition coefficient (Wildman–Crippen LogP) is 5.67. The molecule has 3 aromatic rings. The number of rotatable bonds is 8. The van der Waals surface area contributed by atoms with Crippen molar-refractivity contribution in [2.24, 2.45) is 5.92 Å². The lowest BCUT2D eigenvalue weighted by Crippen LogP contribution is -2.45. The first-order valence-electron chi connectivity index (χ1n) is 11.8. The van der Waals surface area contributed by atoms with Gasteiger partial charge in [0.2, 0.25) is 0 Å². The van der Waals surface area contributed by atoms with E-state index in [1.807, 2.05) is 38.3 Å². The van der Waals surface area contributed by atoms with Crippen LogP contribution in [0.5, 0.6) is 0 Å². The van der Waals surface area contributed by atoms with E-state index in [9.17, 15) is 4.79 Å². The fraction of sp³-hybridized carbons (Fsp3) is 0.345. The molecule has 0 aliphatic carbocycles. The van der Waals surface area contributed by atoms with Gasteiger partial charge in [-0.2, -0.15) is 0 Å². The van der Waals surface area contributed by atoms with Crippen LogP contribution in [0.1, 0.15) is 46.8 Å². The van der Waals surface area contributed by atoms with Crippen LogP contribution in [0.3, 0.4) is 0 Å². The minimum Gasteiger partial charge on any atom is -0.462 e. The molecule has 4 rings (SSSR count). The molecule has 0 unspecified atom stereocenters. The first-order valence-corrected chi connectivity index (χ1v) is 11.8. The van der Waals surface area contributed by atoms with Gasteiger partial charge in [0.15, 0.2) is 0 Å². The second kappa shape index (κ2) is 10.8. The van der Waals surface area contributed by atoms with Gasteiger partial charge < -0.3 is 9.47 Å². The van der Waals surface area contributed by atoms with Crippen molar-refractivity contribution in [1.29, 1.82) is 0 Å². The number of hydrogen-bond acceptors (Lipinski definition) is 4. The molecule has 1 fully saturated rings. The standard InChI is InChI=1S/C29H33NO3/c1-3-33-28(31)24-16-14-23(15-17-24)22-30-20-18-27(19-21-30)29(32-2,25-10-6-4-7-11-25)26-12-8-5-9-13-26/h4-17,27H,3,18-22H2,1-2H3. The smallest absolute Gasteiger partial charge is 0.338 e. The maximum atomic E-state index is 11.9. The number of likely N-dealkylation sites (tertiary alicyclic amines) is 1. The van der Waals surface area contributed by atoms with E-state index in [4.69, 9.17) is 9.47 Å². The molecule has 0 amide bonds. The zero-order valence-corrected chi connectivity index (χ0v) is 19.6. The SMILES string of the molecule is CCOC(=O)c1ccc(CN2CCC(C(OC)(c3ccccc3)c3ccccc3)CC2)cc1. The van der Waals surface area contributed by atoms with E-state index in [0.717, 1.165) is 32.5 Å². The molecule has 0 atom stereocenters. The first kappa shape index (κ1) is 23.2. The van der Waals surface area contributed by atoms with E-state index in [0.29, 0.717) is 18.1 Å². The van der Waals surface area contributed by atoms with E-state index in [-0.39, 0.29) is 5.97 Å². The quantitative estimate of drug-likeness (QED) is 0.421. The fourth-order valence-electron chi connectivity index (χ4n) is 5.13. The van der Waals surface area contributed by atoms with Crippen molar-refractivity contribution in [3.8, 4) is 0 Å². The highest BCUT2D eigenvalue weighted by molar-refractivity contribution is 5.89. The Labute approximate surface area is 197 Å². The highest BCUT2D eigenvalue weighted by atomic mass is 16.5. The minimum absolute atomic E-state index is 0.261. The number of piperidine rings is 1. The molecule has 0 saturated carbocycles. The van der Waals surface area contributed by atoms with Crippen LogP contribution in [0.4, 0.5) is 0 Å². The van der Waals surface area contributed by atoms with Crippen molar-refractivity contribution >= 4 is 5.97 Å². The van der Waals surface area contributed by atoms with Gasteiger partial charge in [-0.1, -0.05) is 72.8 Å². The summed E-state index contributed by atoms with van der Waals surface area (Å²) in [6, 6.07) is 29.1. The second-order valence-corrected chi connectivity index (χ2v) is 8.64. The number of hydrogen-bond donors (Lipinski definition) is 0. The molecular formula is C29H33NO3. The van der Waals surface area contributed by atoms with Crippen molar-refractivity contribution in [3.05, 3.63) is 107 Å². The molecule has 33 heavy (non-hydrogen) atoms. The van der Waals surface area contributed by atoms with Crippen molar-refractivity contribution in [2.75, 3.05) is 26.8 Å². The van der Waals surface area contributed by atoms with Crippen molar-refractivity contribution in [1.82, 2.24) is 4.90 Å². The Kier molecular flexibility index (Phi) is 7.58. The molecule has 0 radical (unpaired) electrons. The highest BCUT2D eigenvalue weighted by Crippen LogP contribution is 2.44. The van der Waals surface area contributed by atoms with Crippen LogP contribution in [0.2, 0.25) is 0 Å². The third-order valence-electron chi connectivity index (χ3n) is 6.76. The molecule has 0 aromatic heterocycles. The molecule has 0 spiro atoms. The van der Waals surface area contributed by atoms with Gasteiger partial charge in [-0.3, -0.25) is 4.90 Å². The van der Waals surface area contributed by atoms with Gasteiger partial charge in [0, 0.05) is 13.7 Å². The van der Waals surface area contributed by atoms with Gasteiger partial charge in [-0.15, -0.1) is 0 Å². The number of methoxy groups -OCH3 is 1. The molecule has 1 aliphatic heterocycles. The van der Waals surface area contributed by atoms with E-state index >= 15 is 0 Å². The summed E-state index contributed by atoms with van der Waals surface area (Å²) in [6.07, 6.45) is 2.11. The lowest BCUT2D eigenvalue weighted by molar-refractivity contribution is -0.0514. The lowest BCUT2D eigenvalue weighted by Gasteiger charge is -2.44. The maximum absolute atomic E-state index is 11.9. The summed E-state index contributed by atoms with van der Waals surface area (Å²) < 4.78 is 11.5. The number of esters is 1. The molecule has 172 valence electrons. The number of carbonyl (C=O) groups is 1. The van der Waals surface area contributed by atoms with Crippen LogP contribution in [-0.4, -0.2) is 37.7 Å². The Morgan fingerprint density at radius 3 is 1.91 bits per heavy atom. The molecule has 4 nitrogen and oxygen atoms in total. The van der Waals surface area contributed by atoms with Crippen LogP contribution in [0, 0.1) is 5.92 Å². The average molecular weight is 444 g/mol. The summed E-state index contributed by atoms with van der Waals surface area (Å²) in [6.45, 7) is 5.12. The molecule has 0 N–H and O–H groups in total. The van der Waals surface area contributed by atoms with E-state index in [1.165, 1.54) is 16.7 Å². The Balaban J connectivity index is 1.47. The van der Waals surface area contributed by atoms with E-state index < -0.39 is 5.60 Å². The summed E-state index contributed by atoms with van der Waals surface area (Å²) in [5, 5.41) is 0. The zero-order valence-electron chi connectivity index (χ0n) is 19.6. The van der Waals surface area contributed by atoms with Crippen LogP contribution in [0.15, 0.2) is 84.9 Å². The van der Waals surface area contributed by atoms with Crippen molar-refractivity contribution < 1.29 is 14.3 Å². The van der Waals surface area contributed by atoms with E-state index in [1.54, 1.807) is 0 Å².